The van der Waals surface area contributed by atoms with Gasteiger partial charge in [-0.05, 0) is 37.3 Å². The van der Waals surface area contributed by atoms with E-state index in [4.69, 9.17) is 9.47 Å². The van der Waals surface area contributed by atoms with Crippen molar-refractivity contribution in [2.45, 2.75) is 17.9 Å². The topological polar surface area (TPSA) is 47.6 Å². The number of nitrogens with one attached hydrogen (secondary N) is 1. The average molecular weight is 357 g/mol. The molecule has 4 nitrogen and oxygen atoms in total. The number of amides is 1. The quantitative estimate of drug-likeness (QED) is 0.559. The van der Waals surface area contributed by atoms with Gasteiger partial charge in [-0.2, -0.15) is 0 Å². The van der Waals surface area contributed by atoms with Crippen LogP contribution >= 0.6 is 11.8 Å². The van der Waals surface area contributed by atoms with Crippen molar-refractivity contribution in [2.75, 3.05) is 20.0 Å². The first-order valence-electron chi connectivity index (χ1n) is 7.96. The molecule has 132 valence electrons. The summed E-state index contributed by atoms with van der Waals surface area (Å²) in [5.41, 5.74) is 1.52. The molecule has 0 aliphatic rings. The van der Waals surface area contributed by atoms with E-state index in [1.165, 1.54) is 0 Å². The molecule has 2 aromatic carbocycles. The van der Waals surface area contributed by atoms with Crippen LogP contribution < -0.4 is 14.8 Å². The van der Waals surface area contributed by atoms with E-state index in [0.29, 0.717) is 11.3 Å². The highest BCUT2D eigenvalue weighted by Gasteiger charge is 2.18. The van der Waals surface area contributed by atoms with Crippen molar-refractivity contribution >= 4 is 17.7 Å². The van der Waals surface area contributed by atoms with E-state index < -0.39 is 0 Å². The minimum atomic E-state index is -0.227. The summed E-state index contributed by atoms with van der Waals surface area (Å²) in [6, 6.07) is 12.9. The Balaban J connectivity index is 2.22. The van der Waals surface area contributed by atoms with Crippen LogP contribution in [0.1, 0.15) is 28.9 Å². The SMILES string of the molecule is C=CCSc1ccccc1C(=O)NC(C)c1cc(OC)ccc1OC. The van der Waals surface area contributed by atoms with Crippen LogP contribution in [0.5, 0.6) is 11.5 Å². The van der Waals surface area contributed by atoms with E-state index in [1.54, 1.807) is 26.0 Å². The molecule has 1 N–H and O–H groups in total. The van der Waals surface area contributed by atoms with Crippen LogP contribution in [-0.4, -0.2) is 25.9 Å². The van der Waals surface area contributed by atoms with Crippen LogP contribution in [0.3, 0.4) is 0 Å². The van der Waals surface area contributed by atoms with Crippen molar-refractivity contribution in [2.24, 2.45) is 0 Å². The second-order valence-electron chi connectivity index (χ2n) is 5.40. The second-order valence-corrected chi connectivity index (χ2v) is 6.46. The molecule has 0 heterocycles. The Hall–Kier alpha value is -2.40. The Morgan fingerprint density at radius 1 is 1.24 bits per heavy atom. The van der Waals surface area contributed by atoms with Gasteiger partial charge in [-0.3, -0.25) is 4.79 Å². The lowest BCUT2D eigenvalue weighted by atomic mass is 10.1. The normalized spacial score (nSPS) is 11.5. The smallest absolute Gasteiger partial charge is 0.252 e. The van der Waals surface area contributed by atoms with E-state index >= 15 is 0 Å². The predicted molar refractivity (Wildman–Crippen MR) is 103 cm³/mol. The molecule has 0 aliphatic heterocycles. The number of thioether (sulfide) groups is 1. The lowest BCUT2D eigenvalue weighted by molar-refractivity contribution is 0.0936. The zero-order valence-corrected chi connectivity index (χ0v) is 15.6. The second kappa shape index (κ2) is 9.18. The number of benzene rings is 2. The number of ether oxygens (including phenoxy) is 2. The van der Waals surface area contributed by atoms with Gasteiger partial charge in [-0.25, -0.2) is 0 Å². The molecule has 0 saturated heterocycles. The van der Waals surface area contributed by atoms with Gasteiger partial charge in [0.2, 0.25) is 0 Å². The van der Waals surface area contributed by atoms with Crippen molar-refractivity contribution in [3.05, 3.63) is 66.2 Å². The molecule has 5 heteroatoms. The molecule has 1 amide bonds. The molecule has 0 saturated carbocycles. The van der Waals surface area contributed by atoms with Crippen LogP contribution in [-0.2, 0) is 0 Å². The number of rotatable bonds is 8. The van der Waals surface area contributed by atoms with Gasteiger partial charge in [-0.1, -0.05) is 18.2 Å². The molecule has 2 aromatic rings. The Bertz CT molecular complexity index is 745. The summed E-state index contributed by atoms with van der Waals surface area (Å²) in [7, 11) is 3.23. The molecule has 25 heavy (non-hydrogen) atoms. The van der Waals surface area contributed by atoms with Gasteiger partial charge in [0.05, 0.1) is 25.8 Å². The monoisotopic (exact) mass is 357 g/mol. The number of carbonyl (C=O) groups excluding carboxylic acids is 1. The van der Waals surface area contributed by atoms with Crippen molar-refractivity contribution in [1.29, 1.82) is 0 Å². The van der Waals surface area contributed by atoms with E-state index in [2.05, 4.69) is 11.9 Å². The predicted octanol–water partition coefficient (Wildman–Crippen LogP) is 4.47. The molecule has 2 rings (SSSR count). The van der Waals surface area contributed by atoms with Gasteiger partial charge >= 0.3 is 0 Å². The minimum absolute atomic E-state index is 0.121. The summed E-state index contributed by atoms with van der Waals surface area (Å²) in [6.07, 6.45) is 1.82. The first kappa shape index (κ1) is 18.9. The van der Waals surface area contributed by atoms with Gasteiger partial charge in [-0.15, -0.1) is 18.3 Å². The molecular weight excluding hydrogens is 334 g/mol. The maximum atomic E-state index is 12.7. The maximum Gasteiger partial charge on any atom is 0.252 e. The third kappa shape index (κ3) is 4.79. The zero-order valence-electron chi connectivity index (χ0n) is 14.7. The Labute approximate surface area is 153 Å². The number of hydrogen-bond acceptors (Lipinski definition) is 4. The molecule has 1 unspecified atom stereocenters. The molecule has 0 aromatic heterocycles. The van der Waals surface area contributed by atoms with Crippen LogP contribution in [0.25, 0.3) is 0 Å². The van der Waals surface area contributed by atoms with Crippen LogP contribution in [0.15, 0.2) is 60.0 Å². The molecular formula is C20H23NO3S. The van der Waals surface area contributed by atoms with Gasteiger partial charge in [0.15, 0.2) is 0 Å². The minimum Gasteiger partial charge on any atom is -0.497 e. The number of carbonyl (C=O) groups is 1. The average Bonchev–Trinajstić information content (AvgIpc) is 2.65. The number of hydrogen-bond donors (Lipinski definition) is 1. The fourth-order valence-electron chi connectivity index (χ4n) is 2.46. The highest BCUT2D eigenvalue weighted by atomic mass is 32.2. The number of methoxy groups -OCH3 is 2. The van der Waals surface area contributed by atoms with Gasteiger partial charge in [0.1, 0.15) is 11.5 Å². The molecule has 1 atom stereocenters. The van der Waals surface area contributed by atoms with Crippen molar-refractivity contribution in [3.8, 4) is 11.5 Å². The summed E-state index contributed by atoms with van der Waals surface area (Å²) in [4.78, 5) is 13.7. The van der Waals surface area contributed by atoms with Gasteiger partial charge in [0.25, 0.3) is 5.91 Å². The fourth-order valence-corrected chi connectivity index (χ4v) is 3.25. The zero-order chi connectivity index (χ0) is 18.2. The first-order valence-corrected chi connectivity index (χ1v) is 8.94. The van der Waals surface area contributed by atoms with Crippen LogP contribution in [0, 0.1) is 0 Å². The van der Waals surface area contributed by atoms with E-state index in [9.17, 15) is 4.79 Å². The van der Waals surface area contributed by atoms with Gasteiger partial charge in [0, 0.05) is 16.2 Å². The Kier molecular flexibility index (Phi) is 6.95. The Morgan fingerprint density at radius 2 is 2.00 bits per heavy atom. The maximum absolute atomic E-state index is 12.7. The largest absolute Gasteiger partial charge is 0.497 e. The van der Waals surface area contributed by atoms with E-state index in [-0.39, 0.29) is 11.9 Å². The molecule has 0 fully saturated rings. The highest BCUT2D eigenvalue weighted by Crippen LogP contribution is 2.30. The molecule has 0 spiro atoms. The first-order chi connectivity index (χ1) is 12.1. The van der Waals surface area contributed by atoms with Crippen LogP contribution in [0.2, 0.25) is 0 Å². The highest BCUT2D eigenvalue weighted by molar-refractivity contribution is 7.99. The van der Waals surface area contributed by atoms with Crippen molar-refractivity contribution < 1.29 is 14.3 Å². The molecule has 0 bridgehead atoms. The lowest BCUT2D eigenvalue weighted by Crippen LogP contribution is -2.27. The van der Waals surface area contributed by atoms with Crippen molar-refractivity contribution in [1.82, 2.24) is 5.32 Å². The summed E-state index contributed by atoms with van der Waals surface area (Å²) in [5, 5.41) is 3.04. The van der Waals surface area contributed by atoms with E-state index in [1.807, 2.05) is 55.5 Å². The summed E-state index contributed by atoms with van der Waals surface area (Å²) in [6.45, 7) is 5.65. The Morgan fingerprint density at radius 3 is 2.68 bits per heavy atom. The van der Waals surface area contributed by atoms with Crippen molar-refractivity contribution in [3.63, 3.8) is 0 Å². The lowest BCUT2D eigenvalue weighted by Gasteiger charge is -2.19. The summed E-state index contributed by atoms with van der Waals surface area (Å²) >= 11 is 1.59. The fraction of sp³-hybridized carbons (Fsp3) is 0.250. The summed E-state index contributed by atoms with van der Waals surface area (Å²) in [5.74, 6) is 2.06. The summed E-state index contributed by atoms with van der Waals surface area (Å²) < 4.78 is 10.7. The molecule has 0 aliphatic carbocycles. The van der Waals surface area contributed by atoms with E-state index in [0.717, 1.165) is 22.0 Å². The molecule has 0 radical (unpaired) electrons. The van der Waals surface area contributed by atoms with Gasteiger partial charge < -0.3 is 14.8 Å². The standard InChI is InChI=1S/C20H23NO3S/c1-5-12-25-19-9-7-6-8-16(19)20(22)21-14(2)17-13-15(23-3)10-11-18(17)24-4/h5-11,13-14H,1,12H2,2-4H3,(H,21,22). The third-order valence-corrected chi connectivity index (χ3v) is 4.81. The third-order valence-electron chi connectivity index (χ3n) is 3.74. The van der Waals surface area contributed by atoms with Crippen LogP contribution in [0.4, 0.5) is 0 Å².